The number of aliphatic hydroxyl groups excluding tert-OH is 1. The van der Waals surface area contributed by atoms with Crippen molar-refractivity contribution in [2.75, 3.05) is 19.1 Å². The lowest BCUT2D eigenvalue weighted by molar-refractivity contribution is 0.284. The Morgan fingerprint density at radius 3 is 2.74 bits per heavy atom. The highest BCUT2D eigenvalue weighted by atomic mass is 32.1. The smallest absolute Gasteiger partial charge is 0.185 e. The normalized spacial score (nSPS) is 10.5. The molecule has 0 aliphatic rings. The number of aromatic nitrogens is 1. The van der Waals surface area contributed by atoms with Gasteiger partial charge in [0.2, 0.25) is 0 Å². The van der Waals surface area contributed by atoms with Crippen molar-refractivity contribution in [3.8, 4) is 5.75 Å². The number of hydrogen-bond donors (Lipinski definition) is 1. The lowest BCUT2D eigenvalue weighted by Crippen LogP contribution is -2.16. The molecule has 0 saturated heterocycles. The lowest BCUT2D eigenvalue weighted by atomic mass is 10.2. The summed E-state index contributed by atoms with van der Waals surface area (Å²) in [5.41, 5.74) is 2.01. The molecular formula is C14H18N2O2S. The molecule has 0 saturated carbocycles. The summed E-state index contributed by atoms with van der Waals surface area (Å²) in [5.74, 6) is 0.880. The van der Waals surface area contributed by atoms with Crippen LogP contribution in [0.4, 0.5) is 5.13 Å². The third-order valence-corrected chi connectivity index (χ3v) is 4.21. The van der Waals surface area contributed by atoms with Gasteiger partial charge in [0.15, 0.2) is 5.13 Å². The summed E-state index contributed by atoms with van der Waals surface area (Å²) in [6, 6.07) is 7.95. The minimum absolute atomic E-state index is 0.0476. The Hall–Kier alpha value is -1.59. The molecule has 0 fully saturated rings. The van der Waals surface area contributed by atoms with Crippen molar-refractivity contribution in [3.63, 3.8) is 0 Å². The van der Waals surface area contributed by atoms with Gasteiger partial charge >= 0.3 is 0 Å². The highest BCUT2D eigenvalue weighted by molar-refractivity contribution is 7.15. The maximum atomic E-state index is 9.22. The Morgan fingerprint density at radius 2 is 2.11 bits per heavy atom. The number of thiazole rings is 1. The highest BCUT2D eigenvalue weighted by Crippen LogP contribution is 2.27. The summed E-state index contributed by atoms with van der Waals surface area (Å²) >= 11 is 1.52. The zero-order valence-electron chi connectivity index (χ0n) is 11.4. The van der Waals surface area contributed by atoms with Crippen LogP contribution >= 0.6 is 11.3 Å². The average Bonchev–Trinajstić information content (AvgIpc) is 2.80. The van der Waals surface area contributed by atoms with Crippen LogP contribution < -0.4 is 9.64 Å². The van der Waals surface area contributed by atoms with Gasteiger partial charge in [0, 0.05) is 19.2 Å². The maximum Gasteiger partial charge on any atom is 0.185 e. The van der Waals surface area contributed by atoms with E-state index in [1.165, 1.54) is 11.3 Å². The second-order valence-electron chi connectivity index (χ2n) is 4.33. The first-order valence-electron chi connectivity index (χ1n) is 6.06. The Morgan fingerprint density at radius 1 is 1.37 bits per heavy atom. The summed E-state index contributed by atoms with van der Waals surface area (Å²) < 4.78 is 5.35. The molecule has 1 N–H and O–H groups in total. The first-order chi connectivity index (χ1) is 9.15. The monoisotopic (exact) mass is 278 g/mol. The van der Waals surface area contributed by atoms with E-state index >= 15 is 0 Å². The molecule has 2 rings (SSSR count). The molecule has 0 bridgehead atoms. The van der Waals surface area contributed by atoms with E-state index in [0.29, 0.717) is 0 Å². The number of aliphatic hydroxyl groups is 1. The van der Waals surface area contributed by atoms with E-state index in [9.17, 15) is 5.11 Å². The lowest BCUT2D eigenvalue weighted by Gasteiger charge is -2.17. The summed E-state index contributed by atoms with van der Waals surface area (Å²) in [6.45, 7) is 2.69. The van der Waals surface area contributed by atoms with Crippen molar-refractivity contribution in [2.45, 2.75) is 20.1 Å². The van der Waals surface area contributed by atoms with Gasteiger partial charge < -0.3 is 14.7 Å². The molecule has 0 radical (unpaired) electrons. The fourth-order valence-electron chi connectivity index (χ4n) is 1.88. The number of benzene rings is 1. The van der Waals surface area contributed by atoms with Gasteiger partial charge in [0.25, 0.3) is 0 Å². The molecule has 102 valence electrons. The van der Waals surface area contributed by atoms with Crippen LogP contribution in [-0.2, 0) is 13.2 Å². The molecule has 1 aromatic carbocycles. The van der Waals surface area contributed by atoms with Crippen LogP contribution in [0.25, 0.3) is 0 Å². The van der Waals surface area contributed by atoms with E-state index in [2.05, 4.69) is 9.88 Å². The van der Waals surface area contributed by atoms with E-state index in [-0.39, 0.29) is 6.61 Å². The SMILES string of the molecule is COc1ccccc1CN(C)c1nc(C)c(CO)s1. The minimum atomic E-state index is 0.0476. The number of ether oxygens (including phenoxy) is 1. The number of para-hydroxylation sites is 1. The van der Waals surface area contributed by atoms with Crippen molar-refractivity contribution < 1.29 is 9.84 Å². The number of rotatable bonds is 5. The standard InChI is InChI=1S/C14H18N2O2S/c1-10-13(9-17)19-14(15-10)16(2)8-11-6-4-5-7-12(11)18-3/h4-7,17H,8-9H2,1-3H3. The van der Waals surface area contributed by atoms with Crippen molar-refractivity contribution in [3.05, 3.63) is 40.4 Å². The third-order valence-electron chi connectivity index (χ3n) is 2.95. The predicted molar refractivity (Wildman–Crippen MR) is 77.9 cm³/mol. The number of methoxy groups -OCH3 is 1. The molecule has 0 amide bonds. The van der Waals surface area contributed by atoms with E-state index in [0.717, 1.165) is 33.6 Å². The van der Waals surface area contributed by atoms with Crippen LogP contribution in [0.5, 0.6) is 5.75 Å². The molecule has 19 heavy (non-hydrogen) atoms. The van der Waals surface area contributed by atoms with Gasteiger partial charge in [0.1, 0.15) is 5.75 Å². The van der Waals surface area contributed by atoms with Crippen LogP contribution in [0.3, 0.4) is 0 Å². The molecule has 2 aromatic rings. The molecule has 0 aliphatic carbocycles. The fourth-order valence-corrected chi connectivity index (χ4v) is 2.76. The Balaban J connectivity index is 2.18. The molecular weight excluding hydrogens is 260 g/mol. The Labute approximate surface area is 117 Å². The second-order valence-corrected chi connectivity index (χ2v) is 5.39. The van der Waals surface area contributed by atoms with E-state index in [4.69, 9.17) is 4.74 Å². The highest BCUT2D eigenvalue weighted by Gasteiger charge is 2.12. The van der Waals surface area contributed by atoms with Crippen molar-refractivity contribution >= 4 is 16.5 Å². The number of hydrogen-bond acceptors (Lipinski definition) is 5. The van der Waals surface area contributed by atoms with Crippen LogP contribution in [0.1, 0.15) is 16.1 Å². The van der Waals surface area contributed by atoms with Crippen molar-refractivity contribution in [2.24, 2.45) is 0 Å². The average molecular weight is 278 g/mol. The van der Waals surface area contributed by atoms with Crippen LogP contribution in [0, 0.1) is 6.92 Å². The van der Waals surface area contributed by atoms with Crippen LogP contribution in [-0.4, -0.2) is 24.2 Å². The van der Waals surface area contributed by atoms with Gasteiger partial charge in [-0.15, -0.1) is 0 Å². The molecule has 5 heteroatoms. The summed E-state index contributed by atoms with van der Waals surface area (Å²) in [7, 11) is 3.67. The predicted octanol–water partition coefficient (Wildman–Crippen LogP) is 2.59. The van der Waals surface area contributed by atoms with Gasteiger partial charge in [-0.25, -0.2) is 4.98 Å². The number of aryl methyl sites for hydroxylation is 1. The zero-order valence-corrected chi connectivity index (χ0v) is 12.2. The Kier molecular flexibility index (Phi) is 4.39. The third kappa shape index (κ3) is 3.05. The fraction of sp³-hybridized carbons (Fsp3) is 0.357. The molecule has 4 nitrogen and oxygen atoms in total. The molecule has 0 spiro atoms. The summed E-state index contributed by atoms with van der Waals surface area (Å²) in [6.07, 6.45) is 0. The minimum Gasteiger partial charge on any atom is -0.496 e. The largest absolute Gasteiger partial charge is 0.496 e. The molecule has 0 unspecified atom stereocenters. The van der Waals surface area contributed by atoms with Gasteiger partial charge in [0.05, 0.1) is 24.3 Å². The molecule has 1 heterocycles. The van der Waals surface area contributed by atoms with E-state index in [1.807, 2.05) is 38.2 Å². The first-order valence-corrected chi connectivity index (χ1v) is 6.87. The quantitative estimate of drug-likeness (QED) is 0.913. The molecule has 1 aromatic heterocycles. The van der Waals surface area contributed by atoms with Crippen LogP contribution in [0.2, 0.25) is 0 Å². The summed E-state index contributed by atoms with van der Waals surface area (Å²) in [5, 5.41) is 10.1. The van der Waals surface area contributed by atoms with Gasteiger partial charge in [-0.05, 0) is 13.0 Å². The Bertz CT molecular complexity index is 554. The first kappa shape index (κ1) is 13.8. The number of nitrogens with zero attached hydrogens (tertiary/aromatic N) is 2. The zero-order chi connectivity index (χ0) is 13.8. The van der Waals surface area contributed by atoms with E-state index < -0.39 is 0 Å². The van der Waals surface area contributed by atoms with Crippen molar-refractivity contribution in [1.82, 2.24) is 4.98 Å². The second kappa shape index (κ2) is 6.04. The van der Waals surface area contributed by atoms with Gasteiger partial charge in [-0.1, -0.05) is 29.5 Å². The van der Waals surface area contributed by atoms with Gasteiger partial charge in [-0.2, -0.15) is 0 Å². The van der Waals surface area contributed by atoms with Gasteiger partial charge in [-0.3, -0.25) is 0 Å². The number of anilines is 1. The topological polar surface area (TPSA) is 45.6 Å². The molecule has 0 aliphatic heterocycles. The van der Waals surface area contributed by atoms with Crippen LogP contribution in [0.15, 0.2) is 24.3 Å². The van der Waals surface area contributed by atoms with Crippen molar-refractivity contribution in [1.29, 1.82) is 0 Å². The summed E-state index contributed by atoms with van der Waals surface area (Å²) in [4.78, 5) is 7.46. The molecule has 0 atom stereocenters. The maximum absolute atomic E-state index is 9.22. The van der Waals surface area contributed by atoms with E-state index in [1.54, 1.807) is 7.11 Å².